The van der Waals surface area contributed by atoms with Crippen LogP contribution in [0.1, 0.15) is 0 Å². The Hall–Kier alpha value is -0.670. The molecule has 0 unspecified atom stereocenters. The molecule has 2 nitrogen and oxygen atoms in total. The number of aromatic nitrogens is 2. The number of halogens is 2. The maximum absolute atomic E-state index is 5.85. The van der Waals surface area contributed by atoms with Crippen LogP contribution in [0.2, 0.25) is 5.02 Å². The normalized spacial score (nSPS) is 10.5. The minimum atomic E-state index is 0.607. The molecule has 60 valence electrons. The second kappa shape index (κ2) is 2.99. The van der Waals surface area contributed by atoms with Gasteiger partial charge in [0.05, 0.1) is 5.02 Å². The smallest absolute Gasteiger partial charge is 0.160 e. The van der Waals surface area contributed by atoms with E-state index in [-0.39, 0.29) is 0 Å². The van der Waals surface area contributed by atoms with Crippen molar-refractivity contribution in [1.29, 1.82) is 0 Å². The van der Waals surface area contributed by atoms with E-state index < -0.39 is 0 Å². The van der Waals surface area contributed by atoms with Gasteiger partial charge in [0, 0.05) is 22.3 Å². The van der Waals surface area contributed by atoms with E-state index in [2.05, 4.69) is 25.9 Å². The molecule has 0 aliphatic carbocycles. The zero-order chi connectivity index (χ0) is 8.55. The van der Waals surface area contributed by atoms with Gasteiger partial charge in [-0.25, -0.2) is 9.97 Å². The summed E-state index contributed by atoms with van der Waals surface area (Å²) in [4.78, 5) is 8.15. The van der Waals surface area contributed by atoms with E-state index in [1.807, 2.05) is 12.1 Å². The summed E-state index contributed by atoms with van der Waals surface area (Å²) in [5.41, 5.74) is 0.703. The van der Waals surface area contributed by atoms with Crippen molar-refractivity contribution in [3.63, 3.8) is 0 Å². The van der Waals surface area contributed by atoms with Crippen LogP contribution >= 0.6 is 27.5 Å². The SMILES string of the molecule is Clc1cnc2ncccc2c1Br. The second-order valence-electron chi connectivity index (χ2n) is 2.29. The molecule has 0 aromatic carbocycles. The van der Waals surface area contributed by atoms with E-state index in [1.54, 1.807) is 12.4 Å². The molecule has 0 radical (unpaired) electrons. The fourth-order valence-electron chi connectivity index (χ4n) is 0.974. The molecule has 0 aliphatic heterocycles. The van der Waals surface area contributed by atoms with E-state index in [4.69, 9.17) is 11.6 Å². The van der Waals surface area contributed by atoms with Gasteiger partial charge in [-0.1, -0.05) is 11.6 Å². The Bertz CT molecular complexity index is 430. The lowest BCUT2D eigenvalue weighted by molar-refractivity contribution is 1.28. The van der Waals surface area contributed by atoms with Crippen LogP contribution in [0.25, 0.3) is 11.0 Å². The summed E-state index contributed by atoms with van der Waals surface area (Å²) >= 11 is 9.22. The second-order valence-corrected chi connectivity index (χ2v) is 3.49. The van der Waals surface area contributed by atoms with Gasteiger partial charge in [0.25, 0.3) is 0 Å². The van der Waals surface area contributed by atoms with Gasteiger partial charge in [-0.05, 0) is 28.1 Å². The summed E-state index contributed by atoms with van der Waals surface area (Å²) in [6, 6.07) is 3.77. The molecular formula is C8H4BrClN2. The Morgan fingerprint density at radius 3 is 3.00 bits per heavy atom. The number of hydrogen-bond donors (Lipinski definition) is 0. The van der Waals surface area contributed by atoms with Crippen molar-refractivity contribution in [2.45, 2.75) is 0 Å². The van der Waals surface area contributed by atoms with Gasteiger partial charge in [-0.3, -0.25) is 0 Å². The van der Waals surface area contributed by atoms with Crippen LogP contribution in [0.15, 0.2) is 29.0 Å². The summed E-state index contributed by atoms with van der Waals surface area (Å²) in [7, 11) is 0. The molecule has 2 rings (SSSR count). The number of pyridine rings is 2. The lowest BCUT2D eigenvalue weighted by Gasteiger charge is -1.99. The third-order valence-corrected chi connectivity index (χ3v) is 2.90. The van der Waals surface area contributed by atoms with E-state index in [0.717, 1.165) is 9.86 Å². The zero-order valence-corrected chi connectivity index (χ0v) is 8.30. The first kappa shape index (κ1) is 7.95. The van der Waals surface area contributed by atoms with Crippen molar-refractivity contribution in [3.8, 4) is 0 Å². The molecule has 0 fully saturated rings. The Balaban J connectivity index is 2.91. The predicted octanol–water partition coefficient (Wildman–Crippen LogP) is 3.05. The number of nitrogens with zero attached hydrogens (tertiary/aromatic N) is 2. The third-order valence-electron chi connectivity index (χ3n) is 1.53. The molecule has 4 heteroatoms. The third kappa shape index (κ3) is 1.19. The first-order chi connectivity index (χ1) is 5.79. The van der Waals surface area contributed by atoms with Gasteiger partial charge in [0.15, 0.2) is 5.65 Å². The standard InChI is InChI=1S/C8H4BrClN2/c9-7-5-2-1-3-11-8(5)12-4-6(7)10/h1-4H. The Labute approximate surface area is 82.7 Å². The molecule has 0 N–H and O–H groups in total. The van der Waals surface area contributed by atoms with E-state index in [9.17, 15) is 0 Å². The fraction of sp³-hybridized carbons (Fsp3) is 0. The highest BCUT2D eigenvalue weighted by Gasteiger charge is 2.03. The number of hydrogen-bond acceptors (Lipinski definition) is 2. The zero-order valence-electron chi connectivity index (χ0n) is 5.96. The fourth-order valence-corrected chi connectivity index (χ4v) is 1.54. The molecule has 0 bridgehead atoms. The molecule has 0 aliphatic rings. The van der Waals surface area contributed by atoms with Gasteiger partial charge in [-0.2, -0.15) is 0 Å². The van der Waals surface area contributed by atoms with Crippen LogP contribution in [0.4, 0.5) is 0 Å². The first-order valence-electron chi connectivity index (χ1n) is 3.34. The van der Waals surface area contributed by atoms with Crippen LogP contribution in [0.5, 0.6) is 0 Å². The van der Waals surface area contributed by atoms with E-state index in [0.29, 0.717) is 10.7 Å². The highest BCUT2D eigenvalue weighted by atomic mass is 79.9. The van der Waals surface area contributed by atoms with Crippen molar-refractivity contribution in [3.05, 3.63) is 34.0 Å². The summed E-state index contributed by atoms with van der Waals surface area (Å²) in [5.74, 6) is 0. The summed E-state index contributed by atoms with van der Waals surface area (Å²) in [5, 5.41) is 1.54. The molecule has 0 atom stereocenters. The highest BCUT2D eigenvalue weighted by Crippen LogP contribution is 2.27. The average Bonchev–Trinajstić information content (AvgIpc) is 2.12. The molecule has 2 heterocycles. The molecule has 2 aromatic heterocycles. The quantitative estimate of drug-likeness (QED) is 0.711. The minimum Gasteiger partial charge on any atom is -0.237 e. The molecule has 0 spiro atoms. The average molecular weight is 243 g/mol. The maximum Gasteiger partial charge on any atom is 0.160 e. The molecule has 12 heavy (non-hydrogen) atoms. The van der Waals surface area contributed by atoms with Gasteiger partial charge >= 0.3 is 0 Å². The Kier molecular flexibility index (Phi) is 1.98. The molecule has 0 saturated heterocycles. The first-order valence-corrected chi connectivity index (χ1v) is 4.51. The molecular weight excluding hydrogens is 239 g/mol. The minimum absolute atomic E-state index is 0.607. The van der Waals surface area contributed by atoms with E-state index in [1.165, 1.54) is 0 Å². The summed E-state index contributed by atoms with van der Waals surface area (Å²) < 4.78 is 0.849. The van der Waals surface area contributed by atoms with Crippen LogP contribution < -0.4 is 0 Å². The summed E-state index contributed by atoms with van der Waals surface area (Å²) in [6.45, 7) is 0. The van der Waals surface area contributed by atoms with Gasteiger partial charge in [0.2, 0.25) is 0 Å². The van der Waals surface area contributed by atoms with Gasteiger partial charge in [-0.15, -0.1) is 0 Å². The Morgan fingerprint density at radius 2 is 2.17 bits per heavy atom. The topological polar surface area (TPSA) is 25.8 Å². The maximum atomic E-state index is 5.85. The van der Waals surface area contributed by atoms with Crippen LogP contribution in [-0.2, 0) is 0 Å². The van der Waals surface area contributed by atoms with Crippen molar-refractivity contribution in [2.75, 3.05) is 0 Å². The Morgan fingerprint density at radius 1 is 1.33 bits per heavy atom. The predicted molar refractivity (Wildman–Crippen MR) is 52.2 cm³/mol. The van der Waals surface area contributed by atoms with Crippen LogP contribution in [0.3, 0.4) is 0 Å². The van der Waals surface area contributed by atoms with Crippen LogP contribution in [-0.4, -0.2) is 9.97 Å². The monoisotopic (exact) mass is 242 g/mol. The largest absolute Gasteiger partial charge is 0.237 e. The van der Waals surface area contributed by atoms with Crippen LogP contribution in [0, 0.1) is 0 Å². The summed E-state index contributed by atoms with van der Waals surface area (Å²) in [6.07, 6.45) is 3.29. The van der Waals surface area contributed by atoms with Crippen molar-refractivity contribution in [2.24, 2.45) is 0 Å². The number of rotatable bonds is 0. The van der Waals surface area contributed by atoms with Gasteiger partial charge < -0.3 is 0 Å². The number of fused-ring (bicyclic) bond motifs is 1. The molecule has 2 aromatic rings. The highest BCUT2D eigenvalue weighted by molar-refractivity contribution is 9.10. The van der Waals surface area contributed by atoms with Crippen molar-refractivity contribution in [1.82, 2.24) is 9.97 Å². The molecule has 0 saturated carbocycles. The molecule has 0 amide bonds. The van der Waals surface area contributed by atoms with E-state index >= 15 is 0 Å². The van der Waals surface area contributed by atoms with Gasteiger partial charge in [0.1, 0.15) is 0 Å². The van der Waals surface area contributed by atoms with Crippen molar-refractivity contribution < 1.29 is 0 Å². The lowest BCUT2D eigenvalue weighted by atomic mass is 10.3. The lowest BCUT2D eigenvalue weighted by Crippen LogP contribution is -1.83. The van der Waals surface area contributed by atoms with Crippen molar-refractivity contribution >= 4 is 38.6 Å².